The average Bonchev–Trinajstić information content (AvgIpc) is 3.32. The summed E-state index contributed by atoms with van der Waals surface area (Å²) in [6.45, 7) is 0.512. The molecule has 0 bridgehead atoms. The summed E-state index contributed by atoms with van der Waals surface area (Å²) in [5, 5.41) is 18.7. The predicted molar refractivity (Wildman–Crippen MR) is 97.2 cm³/mol. The maximum atomic E-state index is 13.0. The molecule has 2 heterocycles. The van der Waals surface area contributed by atoms with Crippen molar-refractivity contribution in [3.8, 4) is 5.69 Å². The van der Waals surface area contributed by atoms with Gasteiger partial charge in [0, 0.05) is 17.1 Å². The molecular formula is C19H17ClN4O2. The number of carbonyl (C=O) groups is 1. The van der Waals surface area contributed by atoms with Gasteiger partial charge in [-0.3, -0.25) is 4.79 Å². The number of hydrogen-bond acceptors (Lipinski definition) is 4. The molecule has 1 amide bonds. The van der Waals surface area contributed by atoms with Gasteiger partial charge in [0.25, 0.3) is 5.91 Å². The van der Waals surface area contributed by atoms with Gasteiger partial charge in [-0.1, -0.05) is 28.9 Å². The first-order chi connectivity index (χ1) is 12.6. The molecule has 4 rings (SSSR count). The van der Waals surface area contributed by atoms with Gasteiger partial charge in [0.1, 0.15) is 0 Å². The number of aromatic nitrogens is 3. The molecule has 1 aromatic heterocycles. The predicted octanol–water partition coefficient (Wildman–Crippen LogP) is 2.87. The number of nitrogens with zero attached hydrogens (tertiary/aromatic N) is 4. The lowest BCUT2D eigenvalue weighted by Crippen LogP contribution is -2.33. The van der Waals surface area contributed by atoms with Crippen molar-refractivity contribution in [3.63, 3.8) is 0 Å². The summed E-state index contributed by atoms with van der Waals surface area (Å²) in [5.41, 5.74) is 2.28. The quantitative estimate of drug-likeness (QED) is 0.771. The lowest BCUT2D eigenvalue weighted by molar-refractivity contribution is 0.0638. The fourth-order valence-corrected chi connectivity index (χ4v) is 3.46. The smallest absolute Gasteiger partial charge is 0.254 e. The van der Waals surface area contributed by atoms with Crippen LogP contribution in [-0.2, 0) is 0 Å². The van der Waals surface area contributed by atoms with Crippen LogP contribution in [0, 0.1) is 0 Å². The van der Waals surface area contributed by atoms with E-state index in [9.17, 15) is 9.90 Å². The molecule has 1 aliphatic rings. The summed E-state index contributed by atoms with van der Waals surface area (Å²) in [7, 11) is 0. The van der Waals surface area contributed by atoms with Crippen molar-refractivity contribution in [2.45, 2.75) is 18.6 Å². The van der Waals surface area contributed by atoms with Crippen LogP contribution in [0.15, 0.2) is 60.9 Å². The molecule has 0 saturated carbocycles. The van der Waals surface area contributed by atoms with Crippen molar-refractivity contribution in [1.82, 2.24) is 19.9 Å². The molecule has 26 heavy (non-hydrogen) atoms. The van der Waals surface area contributed by atoms with Gasteiger partial charge in [-0.15, -0.1) is 5.10 Å². The second-order valence-corrected chi connectivity index (χ2v) is 6.68. The number of benzene rings is 2. The largest absolute Gasteiger partial charge is 0.391 e. The van der Waals surface area contributed by atoms with E-state index in [0.717, 1.165) is 11.3 Å². The maximum absolute atomic E-state index is 13.0. The van der Waals surface area contributed by atoms with E-state index in [1.54, 1.807) is 46.2 Å². The second kappa shape index (κ2) is 6.90. The SMILES string of the molecule is O=C(c1ccc(-n2ccnn2)cc1)N1CC[C@@H](O)[C@H]1c1ccc(Cl)cc1. The standard InChI is InChI=1S/C19H17ClN4O2/c20-15-5-1-13(2-6-15)18-17(25)9-11-23(18)19(26)14-3-7-16(8-4-14)24-12-10-21-22-24/h1-8,10,12,17-18,25H,9,11H2/t17-,18-/m1/s1. The first-order valence-corrected chi connectivity index (χ1v) is 8.72. The van der Waals surface area contributed by atoms with Crippen molar-refractivity contribution in [2.75, 3.05) is 6.54 Å². The number of aliphatic hydroxyl groups excluding tert-OH is 1. The molecule has 2 atom stereocenters. The second-order valence-electron chi connectivity index (χ2n) is 6.25. The molecule has 1 N–H and O–H groups in total. The zero-order valence-corrected chi connectivity index (χ0v) is 14.6. The average molecular weight is 369 g/mol. The Balaban J connectivity index is 1.59. The van der Waals surface area contributed by atoms with E-state index in [2.05, 4.69) is 10.3 Å². The number of amides is 1. The van der Waals surface area contributed by atoms with Gasteiger partial charge in [0.15, 0.2) is 0 Å². The number of carbonyl (C=O) groups excluding carboxylic acids is 1. The third-order valence-electron chi connectivity index (χ3n) is 4.64. The molecule has 1 aliphatic heterocycles. The molecule has 132 valence electrons. The third-order valence-corrected chi connectivity index (χ3v) is 4.89. The highest BCUT2D eigenvalue weighted by atomic mass is 35.5. The van der Waals surface area contributed by atoms with Gasteiger partial charge in [-0.05, 0) is 48.4 Å². The molecule has 2 aromatic carbocycles. The van der Waals surface area contributed by atoms with Crippen LogP contribution in [0.3, 0.4) is 0 Å². The molecule has 0 radical (unpaired) electrons. The van der Waals surface area contributed by atoms with E-state index in [-0.39, 0.29) is 11.9 Å². The number of likely N-dealkylation sites (tertiary alicyclic amines) is 1. The Hall–Kier alpha value is -2.70. The summed E-state index contributed by atoms with van der Waals surface area (Å²) in [6, 6.07) is 14.1. The Bertz CT molecular complexity index is 894. The topological polar surface area (TPSA) is 71.2 Å². The van der Waals surface area contributed by atoms with Crippen molar-refractivity contribution >= 4 is 17.5 Å². The third kappa shape index (κ3) is 3.09. The first kappa shape index (κ1) is 16.8. The normalized spacial score (nSPS) is 19.7. The molecule has 6 nitrogen and oxygen atoms in total. The Morgan fingerprint density at radius 1 is 1.12 bits per heavy atom. The number of rotatable bonds is 3. The van der Waals surface area contributed by atoms with Crippen molar-refractivity contribution in [3.05, 3.63) is 77.1 Å². The molecular weight excluding hydrogens is 352 g/mol. The molecule has 0 unspecified atom stereocenters. The highest BCUT2D eigenvalue weighted by molar-refractivity contribution is 6.30. The Morgan fingerprint density at radius 2 is 1.85 bits per heavy atom. The summed E-state index contributed by atoms with van der Waals surface area (Å²) < 4.78 is 1.63. The van der Waals surface area contributed by atoms with E-state index in [1.807, 2.05) is 24.3 Å². The van der Waals surface area contributed by atoms with Crippen LogP contribution in [0.2, 0.25) is 5.02 Å². The molecule has 3 aromatic rings. The van der Waals surface area contributed by atoms with Gasteiger partial charge in [-0.2, -0.15) is 0 Å². The molecule has 0 spiro atoms. The first-order valence-electron chi connectivity index (χ1n) is 8.35. The van der Waals surface area contributed by atoms with E-state index < -0.39 is 6.10 Å². The molecule has 0 aliphatic carbocycles. The fraction of sp³-hybridized carbons (Fsp3) is 0.211. The van der Waals surface area contributed by atoms with Crippen LogP contribution >= 0.6 is 11.6 Å². The van der Waals surface area contributed by atoms with Gasteiger partial charge < -0.3 is 10.0 Å². The monoisotopic (exact) mass is 368 g/mol. The molecule has 7 heteroatoms. The minimum atomic E-state index is -0.588. The van der Waals surface area contributed by atoms with Crippen molar-refractivity contribution in [2.24, 2.45) is 0 Å². The lowest BCUT2D eigenvalue weighted by atomic mass is 10.0. The molecule has 1 fully saturated rings. The summed E-state index contributed by atoms with van der Waals surface area (Å²) in [5.74, 6) is -0.105. The number of aliphatic hydroxyl groups is 1. The summed E-state index contributed by atoms with van der Waals surface area (Å²) in [6.07, 6.45) is 3.30. The zero-order chi connectivity index (χ0) is 18.1. The molecule has 1 saturated heterocycles. The minimum Gasteiger partial charge on any atom is -0.391 e. The highest BCUT2D eigenvalue weighted by Crippen LogP contribution is 2.34. The van der Waals surface area contributed by atoms with Gasteiger partial charge >= 0.3 is 0 Å². The van der Waals surface area contributed by atoms with E-state index in [4.69, 9.17) is 11.6 Å². The van der Waals surface area contributed by atoms with E-state index in [1.165, 1.54) is 0 Å². The van der Waals surface area contributed by atoms with Gasteiger partial charge in [0.2, 0.25) is 0 Å². The number of hydrogen-bond donors (Lipinski definition) is 1. The van der Waals surface area contributed by atoms with Gasteiger partial charge in [-0.25, -0.2) is 4.68 Å². The van der Waals surface area contributed by atoms with E-state index >= 15 is 0 Å². The number of halogens is 1. The lowest BCUT2D eigenvalue weighted by Gasteiger charge is -2.27. The Morgan fingerprint density at radius 3 is 2.50 bits per heavy atom. The Labute approximate surface area is 155 Å². The van der Waals surface area contributed by atoms with E-state index in [0.29, 0.717) is 23.6 Å². The van der Waals surface area contributed by atoms with Crippen LogP contribution in [-0.4, -0.2) is 43.6 Å². The van der Waals surface area contributed by atoms with Crippen LogP contribution in [0.1, 0.15) is 28.4 Å². The maximum Gasteiger partial charge on any atom is 0.254 e. The van der Waals surface area contributed by atoms with Crippen LogP contribution in [0.5, 0.6) is 0 Å². The van der Waals surface area contributed by atoms with Crippen molar-refractivity contribution < 1.29 is 9.90 Å². The Kier molecular flexibility index (Phi) is 4.44. The fourth-order valence-electron chi connectivity index (χ4n) is 3.33. The van der Waals surface area contributed by atoms with Crippen molar-refractivity contribution in [1.29, 1.82) is 0 Å². The van der Waals surface area contributed by atoms with Gasteiger partial charge in [0.05, 0.1) is 30.2 Å². The van der Waals surface area contributed by atoms with Crippen LogP contribution in [0.4, 0.5) is 0 Å². The van der Waals surface area contributed by atoms with Crippen LogP contribution in [0.25, 0.3) is 5.69 Å². The minimum absolute atomic E-state index is 0.105. The van der Waals surface area contributed by atoms with Crippen LogP contribution < -0.4 is 0 Å². The summed E-state index contributed by atoms with van der Waals surface area (Å²) in [4.78, 5) is 14.7. The summed E-state index contributed by atoms with van der Waals surface area (Å²) >= 11 is 5.95. The zero-order valence-electron chi connectivity index (χ0n) is 13.9. The highest BCUT2D eigenvalue weighted by Gasteiger charge is 2.37.